The smallest absolute Gasteiger partial charge is 0.251 e. The number of hydrogen-bond donors (Lipinski definition) is 2. The van der Waals surface area contributed by atoms with E-state index in [2.05, 4.69) is 5.32 Å². The van der Waals surface area contributed by atoms with Gasteiger partial charge in [-0.3, -0.25) is 14.4 Å². The van der Waals surface area contributed by atoms with Gasteiger partial charge in [-0.2, -0.15) is 0 Å². The second-order valence-electron chi connectivity index (χ2n) is 4.84. The Balaban J connectivity index is 2.37. The molecule has 1 heterocycles. The van der Waals surface area contributed by atoms with Crippen molar-refractivity contribution in [3.63, 3.8) is 0 Å². The molecule has 0 aliphatic carbocycles. The summed E-state index contributed by atoms with van der Waals surface area (Å²) in [5.74, 6) is -1.29. The van der Waals surface area contributed by atoms with E-state index in [9.17, 15) is 14.4 Å². The van der Waals surface area contributed by atoms with Crippen LogP contribution in [0.3, 0.4) is 0 Å². The summed E-state index contributed by atoms with van der Waals surface area (Å²) in [6.07, 6.45) is 0.124. The molecule has 1 aromatic carbocycles. The average molecular weight is 275 g/mol. The Morgan fingerprint density at radius 2 is 2.10 bits per heavy atom. The summed E-state index contributed by atoms with van der Waals surface area (Å²) >= 11 is 0. The summed E-state index contributed by atoms with van der Waals surface area (Å²) in [6, 6.07) is 5.19. The second-order valence-corrected chi connectivity index (χ2v) is 4.84. The molecule has 1 unspecified atom stereocenters. The number of benzene rings is 1. The van der Waals surface area contributed by atoms with Gasteiger partial charge in [-0.1, -0.05) is 6.07 Å². The van der Waals surface area contributed by atoms with E-state index in [0.29, 0.717) is 16.8 Å². The fourth-order valence-corrected chi connectivity index (χ4v) is 2.43. The number of nitrogens with one attached hydrogen (secondary N) is 1. The second kappa shape index (κ2) is 5.32. The topological polar surface area (TPSA) is 92.5 Å². The number of nitrogens with two attached hydrogens (primary N) is 1. The summed E-state index contributed by atoms with van der Waals surface area (Å²) in [7, 11) is 1.55. The lowest BCUT2D eigenvalue weighted by molar-refractivity contribution is -0.123. The Hall–Kier alpha value is -2.37. The molecule has 1 atom stereocenters. The number of anilines is 1. The number of rotatable bonds is 3. The van der Waals surface area contributed by atoms with Crippen LogP contribution in [0.4, 0.5) is 5.69 Å². The van der Waals surface area contributed by atoms with E-state index in [0.717, 1.165) is 0 Å². The zero-order chi connectivity index (χ0) is 14.9. The molecule has 2 rings (SSSR count). The SMILES string of the molecule is CNC(=O)c1cccc(N2CC(C(N)=O)CC2=O)c1C. The van der Waals surface area contributed by atoms with Crippen LogP contribution in [-0.2, 0) is 9.59 Å². The molecular weight excluding hydrogens is 258 g/mol. The highest BCUT2D eigenvalue weighted by atomic mass is 16.2. The van der Waals surface area contributed by atoms with Crippen LogP contribution in [0, 0.1) is 12.8 Å². The molecule has 1 aliphatic heterocycles. The van der Waals surface area contributed by atoms with Gasteiger partial charge in [-0.25, -0.2) is 0 Å². The fourth-order valence-electron chi connectivity index (χ4n) is 2.43. The van der Waals surface area contributed by atoms with Crippen LogP contribution < -0.4 is 16.0 Å². The summed E-state index contributed by atoms with van der Waals surface area (Å²) in [5, 5.41) is 2.56. The molecule has 1 saturated heterocycles. The molecule has 0 aromatic heterocycles. The highest BCUT2D eigenvalue weighted by Crippen LogP contribution is 2.29. The Morgan fingerprint density at radius 3 is 2.65 bits per heavy atom. The molecule has 1 fully saturated rings. The van der Waals surface area contributed by atoms with Crippen LogP contribution in [0.25, 0.3) is 0 Å². The van der Waals surface area contributed by atoms with Crippen molar-refractivity contribution in [3.8, 4) is 0 Å². The van der Waals surface area contributed by atoms with Gasteiger partial charge in [0.1, 0.15) is 0 Å². The van der Waals surface area contributed by atoms with Crippen LogP contribution in [0.1, 0.15) is 22.3 Å². The third kappa shape index (κ3) is 2.36. The maximum Gasteiger partial charge on any atom is 0.251 e. The Bertz CT molecular complexity index is 583. The molecule has 20 heavy (non-hydrogen) atoms. The molecule has 3 N–H and O–H groups in total. The average Bonchev–Trinajstić information content (AvgIpc) is 2.80. The van der Waals surface area contributed by atoms with Crippen LogP contribution in [0.15, 0.2) is 18.2 Å². The standard InChI is InChI=1S/C14H17N3O3/c1-8-10(14(20)16-2)4-3-5-11(8)17-7-9(13(15)19)6-12(17)18/h3-5,9H,6-7H2,1-2H3,(H2,15,19)(H,16,20). The number of carbonyl (C=O) groups is 3. The summed E-state index contributed by atoms with van der Waals surface area (Å²) in [4.78, 5) is 36.5. The minimum Gasteiger partial charge on any atom is -0.369 e. The lowest BCUT2D eigenvalue weighted by Gasteiger charge is -2.20. The molecule has 0 spiro atoms. The molecule has 1 aliphatic rings. The van der Waals surface area contributed by atoms with E-state index < -0.39 is 11.8 Å². The molecule has 6 nitrogen and oxygen atoms in total. The van der Waals surface area contributed by atoms with Gasteiger partial charge in [0, 0.05) is 31.3 Å². The Labute approximate surface area is 116 Å². The van der Waals surface area contributed by atoms with Crippen LogP contribution in [0.5, 0.6) is 0 Å². The zero-order valence-corrected chi connectivity index (χ0v) is 11.5. The third-order valence-electron chi connectivity index (χ3n) is 3.60. The van der Waals surface area contributed by atoms with Crippen LogP contribution in [-0.4, -0.2) is 31.3 Å². The van der Waals surface area contributed by atoms with Gasteiger partial charge in [-0.05, 0) is 24.6 Å². The molecule has 6 heteroatoms. The van der Waals surface area contributed by atoms with Gasteiger partial charge in [0.25, 0.3) is 5.91 Å². The van der Waals surface area contributed by atoms with E-state index in [4.69, 9.17) is 5.73 Å². The molecule has 0 radical (unpaired) electrons. The number of primary amides is 1. The quantitative estimate of drug-likeness (QED) is 0.825. The predicted octanol–water partition coefficient (Wildman–Crippen LogP) is 0.193. The van der Waals surface area contributed by atoms with E-state index >= 15 is 0 Å². The monoisotopic (exact) mass is 275 g/mol. The van der Waals surface area contributed by atoms with Crippen molar-refractivity contribution in [1.29, 1.82) is 0 Å². The van der Waals surface area contributed by atoms with Crippen molar-refractivity contribution in [2.24, 2.45) is 11.7 Å². The van der Waals surface area contributed by atoms with Gasteiger partial charge < -0.3 is 16.0 Å². The van der Waals surface area contributed by atoms with Gasteiger partial charge >= 0.3 is 0 Å². The normalized spacial score (nSPS) is 18.2. The van der Waals surface area contributed by atoms with Gasteiger partial charge in [-0.15, -0.1) is 0 Å². The lowest BCUT2D eigenvalue weighted by Crippen LogP contribution is -2.29. The summed E-state index contributed by atoms with van der Waals surface area (Å²) in [5.41, 5.74) is 7.14. The molecule has 106 valence electrons. The molecular formula is C14H17N3O3. The zero-order valence-electron chi connectivity index (χ0n) is 11.5. The first-order chi connectivity index (χ1) is 9.45. The molecule has 0 bridgehead atoms. The molecule has 3 amide bonds. The number of carbonyl (C=O) groups excluding carboxylic acids is 3. The minimum absolute atomic E-state index is 0.124. The van der Waals surface area contributed by atoms with E-state index in [1.807, 2.05) is 0 Å². The van der Waals surface area contributed by atoms with Gasteiger partial charge in [0.05, 0.1) is 5.92 Å². The minimum atomic E-state index is -0.471. The molecule has 1 aromatic rings. The maximum absolute atomic E-state index is 12.0. The highest BCUT2D eigenvalue weighted by Gasteiger charge is 2.34. The molecule has 0 saturated carbocycles. The van der Waals surface area contributed by atoms with Crippen molar-refractivity contribution in [2.75, 3.05) is 18.5 Å². The number of amides is 3. The van der Waals surface area contributed by atoms with Gasteiger partial charge in [0.15, 0.2) is 0 Å². The predicted molar refractivity (Wildman–Crippen MR) is 74.2 cm³/mol. The van der Waals surface area contributed by atoms with Crippen molar-refractivity contribution < 1.29 is 14.4 Å². The summed E-state index contributed by atoms with van der Waals surface area (Å²) < 4.78 is 0. The fraction of sp³-hybridized carbons (Fsp3) is 0.357. The van der Waals surface area contributed by atoms with Gasteiger partial charge in [0.2, 0.25) is 11.8 Å². The van der Waals surface area contributed by atoms with E-state index in [1.165, 1.54) is 4.90 Å². The Morgan fingerprint density at radius 1 is 1.40 bits per heavy atom. The van der Waals surface area contributed by atoms with Crippen molar-refractivity contribution in [2.45, 2.75) is 13.3 Å². The van der Waals surface area contributed by atoms with Crippen molar-refractivity contribution in [3.05, 3.63) is 29.3 Å². The maximum atomic E-state index is 12.0. The van der Waals surface area contributed by atoms with Crippen LogP contribution >= 0.6 is 0 Å². The van der Waals surface area contributed by atoms with E-state index in [1.54, 1.807) is 32.2 Å². The third-order valence-corrected chi connectivity index (χ3v) is 3.60. The first-order valence-electron chi connectivity index (χ1n) is 6.37. The van der Waals surface area contributed by atoms with Crippen LogP contribution in [0.2, 0.25) is 0 Å². The number of nitrogens with zero attached hydrogens (tertiary/aromatic N) is 1. The van der Waals surface area contributed by atoms with E-state index in [-0.39, 0.29) is 24.8 Å². The highest BCUT2D eigenvalue weighted by molar-refractivity contribution is 6.03. The van der Waals surface area contributed by atoms with Crippen molar-refractivity contribution in [1.82, 2.24) is 5.32 Å². The Kier molecular flexibility index (Phi) is 3.74. The first kappa shape index (κ1) is 14.0. The van der Waals surface area contributed by atoms with Crippen molar-refractivity contribution >= 4 is 23.4 Å². The first-order valence-corrected chi connectivity index (χ1v) is 6.37. The largest absolute Gasteiger partial charge is 0.369 e. The number of hydrogen-bond acceptors (Lipinski definition) is 3. The lowest BCUT2D eigenvalue weighted by atomic mass is 10.1. The summed E-state index contributed by atoms with van der Waals surface area (Å²) in [6.45, 7) is 2.05.